The molecule has 0 aliphatic carbocycles. The molecule has 0 aliphatic heterocycles. The Morgan fingerprint density at radius 2 is 0.462 bits per heavy atom. The van der Waals surface area contributed by atoms with Crippen molar-refractivity contribution in [1.82, 2.24) is 9.13 Å². The van der Waals surface area contributed by atoms with Gasteiger partial charge in [-0.15, -0.1) is 0 Å². The minimum atomic E-state index is 1.21. The number of rotatable bonds is 7. The van der Waals surface area contributed by atoms with Crippen LogP contribution < -0.4 is 0 Å². The number of aromatic nitrogens is 2. The molecule has 0 fully saturated rings. The molecule has 0 spiro atoms. The van der Waals surface area contributed by atoms with E-state index in [1.165, 1.54) is 230 Å². The highest BCUT2D eigenvalue weighted by molar-refractivity contribution is 6.32. The normalized spacial score (nSPS) is 11.9. The Morgan fingerprint density at radius 3 is 0.868 bits per heavy atom. The zero-order valence-electron chi connectivity index (χ0n) is 60.2. The van der Waals surface area contributed by atoms with E-state index in [0.29, 0.717) is 0 Å². The first-order valence-corrected chi connectivity index (χ1v) is 37.1. The number of hydrogen-bond donors (Lipinski definition) is 0. The summed E-state index contributed by atoms with van der Waals surface area (Å²) in [4.78, 5) is 0. The quantitative estimate of drug-likeness (QED) is 0.111. The van der Waals surface area contributed by atoms with Crippen molar-refractivity contribution < 1.29 is 0 Å². The fourth-order valence-electron chi connectivity index (χ4n) is 18.6. The van der Waals surface area contributed by atoms with Crippen molar-refractivity contribution in [2.75, 3.05) is 0 Å². The molecule has 0 aliphatic rings. The lowest BCUT2D eigenvalue weighted by Crippen LogP contribution is -2.01. The van der Waals surface area contributed by atoms with Gasteiger partial charge in [-0.05, 0) is 236 Å². The Labute approximate surface area is 616 Å². The van der Waals surface area contributed by atoms with Gasteiger partial charge < -0.3 is 9.13 Å². The van der Waals surface area contributed by atoms with Gasteiger partial charge in [0, 0.05) is 21.5 Å². The Kier molecular flexibility index (Phi) is 14.7. The summed E-state index contributed by atoms with van der Waals surface area (Å²) < 4.78 is 5.07. The maximum Gasteiger partial charge on any atom is 0.0554 e. The van der Waals surface area contributed by atoms with Gasteiger partial charge in [-0.25, -0.2) is 0 Å². The summed E-state index contributed by atoms with van der Waals surface area (Å²) in [6.45, 7) is 13.4. The maximum absolute atomic E-state index is 2.54. The van der Waals surface area contributed by atoms with E-state index >= 15 is 0 Å². The second kappa shape index (κ2) is 24.8. The van der Waals surface area contributed by atoms with Crippen LogP contribution in [-0.4, -0.2) is 9.13 Å². The summed E-state index contributed by atoms with van der Waals surface area (Å²) in [5, 5.41) is 25.7. The van der Waals surface area contributed by atoms with Crippen LogP contribution in [0.1, 0.15) is 33.4 Å². The molecule has 2 heteroatoms. The van der Waals surface area contributed by atoms with Crippen LogP contribution in [0, 0.1) is 41.5 Å². The molecule has 106 heavy (non-hydrogen) atoms. The largest absolute Gasteiger partial charge is 0.309 e. The molecule has 21 rings (SSSR count). The van der Waals surface area contributed by atoms with Crippen molar-refractivity contribution in [2.45, 2.75) is 41.5 Å². The van der Waals surface area contributed by atoms with E-state index in [2.05, 4.69) is 390 Å². The molecule has 0 N–H and O–H groups in total. The van der Waals surface area contributed by atoms with Gasteiger partial charge in [-0.3, -0.25) is 0 Å². The first-order valence-electron chi connectivity index (χ1n) is 37.1. The number of nitrogens with zero attached hydrogens (tertiary/aromatic N) is 2. The third-order valence-corrected chi connectivity index (χ3v) is 22.8. The fourth-order valence-corrected chi connectivity index (χ4v) is 18.6. The van der Waals surface area contributed by atoms with Gasteiger partial charge in [-0.2, -0.15) is 0 Å². The van der Waals surface area contributed by atoms with E-state index < -0.39 is 0 Å². The van der Waals surface area contributed by atoms with E-state index in [-0.39, 0.29) is 0 Å². The predicted octanol–water partition coefficient (Wildman–Crippen LogP) is 29.0. The second-order valence-corrected chi connectivity index (χ2v) is 29.3. The summed E-state index contributed by atoms with van der Waals surface area (Å²) in [5.74, 6) is 0. The third-order valence-electron chi connectivity index (χ3n) is 22.8. The fraction of sp³-hybridized carbons (Fsp3) is 0.0577. The Morgan fingerprint density at radius 1 is 0.179 bits per heavy atom. The molecule has 0 bridgehead atoms. The zero-order valence-corrected chi connectivity index (χ0v) is 60.2. The molecule has 0 amide bonds. The summed E-state index contributed by atoms with van der Waals surface area (Å²) in [6, 6.07) is 126. The van der Waals surface area contributed by atoms with Crippen LogP contribution in [0.2, 0.25) is 0 Å². The lowest BCUT2D eigenvalue weighted by Gasteiger charge is -2.18. The average molecular weight is 1350 g/mol. The van der Waals surface area contributed by atoms with E-state index in [1.807, 2.05) is 0 Å². The van der Waals surface area contributed by atoms with Gasteiger partial charge in [0.25, 0.3) is 0 Å². The van der Waals surface area contributed by atoms with Gasteiger partial charge in [-0.1, -0.05) is 321 Å². The molecule has 0 radical (unpaired) electrons. The van der Waals surface area contributed by atoms with Crippen LogP contribution in [0.25, 0.3) is 197 Å². The van der Waals surface area contributed by atoms with E-state index in [4.69, 9.17) is 0 Å². The minimum Gasteiger partial charge on any atom is -0.309 e. The average Bonchev–Trinajstić information content (AvgIpc) is 1.53. The molecular formula is C104H74N2. The van der Waals surface area contributed by atoms with E-state index in [1.54, 1.807) is 0 Å². The lowest BCUT2D eigenvalue weighted by molar-refractivity contribution is 1.11. The van der Waals surface area contributed by atoms with Crippen LogP contribution in [0.15, 0.2) is 340 Å². The molecule has 21 aromatic rings. The Bertz CT molecular complexity index is 7120. The van der Waals surface area contributed by atoms with Crippen molar-refractivity contribution in [1.29, 1.82) is 0 Å². The number of fused-ring (bicyclic) bond motifs is 19. The van der Waals surface area contributed by atoms with Crippen molar-refractivity contribution in [2.24, 2.45) is 0 Å². The maximum atomic E-state index is 2.54. The number of benzene rings is 19. The van der Waals surface area contributed by atoms with Crippen molar-refractivity contribution in [3.63, 3.8) is 0 Å². The number of aryl methyl sites for hydroxylation is 6. The summed E-state index contributed by atoms with van der Waals surface area (Å²) in [6.07, 6.45) is 0. The van der Waals surface area contributed by atoms with Crippen molar-refractivity contribution in [3.05, 3.63) is 373 Å². The molecule has 0 atom stereocenters. The number of hydrogen-bond acceptors (Lipinski definition) is 0. The van der Waals surface area contributed by atoms with Crippen LogP contribution in [0.4, 0.5) is 0 Å². The van der Waals surface area contributed by atoms with Crippen LogP contribution in [0.3, 0.4) is 0 Å². The molecule has 2 heterocycles. The summed E-state index contributed by atoms with van der Waals surface area (Å²) in [7, 11) is 0. The molecule has 0 saturated carbocycles. The SMILES string of the molecule is Cc1cc(C)c(-n2c3ccc4ccccc4c3c3c4ccccc4c(-c4ccc(-c5c6ccccc6c(-c6ccccc6)c6ccccc56)cc4)cc32)c(C)c1.Cc1cc(C)c(-n2c3ccc4ccccc4c3c3c4ccccc4c(-c4ccc(-c5cc6ccccc6c6ccccc56)cc4)cc32)c(C)c1. The van der Waals surface area contributed by atoms with Crippen LogP contribution in [-0.2, 0) is 0 Å². The highest BCUT2D eigenvalue weighted by Crippen LogP contribution is 2.50. The molecular weight excluding hydrogens is 1280 g/mol. The monoisotopic (exact) mass is 1350 g/mol. The van der Waals surface area contributed by atoms with E-state index in [0.717, 1.165) is 0 Å². The standard InChI is InChI=1S/C55H39N.C49H35N/c1-34-31-35(2)55(36(3)32-34)56-49-30-29-37-15-7-8-18-41(37)53(49)54-43-20-10-9-19-42(43)48(33-50(54)56)38-25-27-40(28-26-38)52-46-23-13-11-21-44(46)51(39-16-5-4-6-17-39)45-22-12-14-24-47(45)52;1-30-26-31(2)49(32(3)27-30)50-45-25-24-33-12-4-7-15-38(33)47(45)48-42-19-11-10-18-41(42)44(29-46(48)50)35-22-20-34(21-23-35)43-28-36-13-5-6-14-37(36)39-16-8-9-17-40(39)43/h4-33H,1-3H3;4-29H,1-3H3. The van der Waals surface area contributed by atoms with Gasteiger partial charge in [0.1, 0.15) is 0 Å². The molecule has 2 nitrogen and oxygen atoms in total. The molecule has 500 valence electrons. The molecule has 2 aromatic heterocycles. The van der Waals surface area contributed by atoms with Gasteiger partial charge in [0.2, 0.25) is 0 Å². The smallest absolute Gasteiger partial charge is 0.0554 e. The topological polar surface area (TPSA) is 9.86 Å². The van der Waals surface area contributed by atoms with Crippen LogP contribution in [0.5, 0.6) is 0 Å². The molecule has 19 aromatic carbocycles. The zero-order chi connectivity index (χ0) is 71.0. The lowest BCUT2D eigenvalue weighted by atomic mass is 9.85. The summed E-state index contributed by atoms with van der Waals surface area (Å²) in [5.41, 5.74) is 27.7. The first-order chi connectivity index (χ1) is 52.1. The Hall–Kier alpha value is -13.1. The van der Waals surface area contributed by atoms with Crippen LogP contribution >= 0.6 is 0 Å². The molecule has 0 unspecified atom stereocenters. The molecule has 0 saturated heterocycles. The van der Waals surface area contributed by atoms with E-state index in [9.17, 15) is 0 Å². The van der Waals surface area contributed by atoms with Gasteiger partial charge in [0.15, 0.2) is 0 Å². The van der Waals surface area contributed by atoms with Gasteiger partial charge >= 0.3 is 0 Å². The van der Waals surface area contributed by atoms with Crippen molar-refractivity contribution >= 4 is 130 Å². The second-order valence-electron chi connectivity index (χ2n) is 29.3. The highest BCUT2D eigenvalue weighted by Gasteiger charge is 2.25. The highest BCUT2D eigenvalue weighted by atomic mass is 15.0. The van der Waals surface area contributed by atoms with Crippen molar-refractivity contribution in [3.8, 4) is 67.0 Å². The Balaban J connectivity index is 0.000000141. The first kappa shape index (κ1) is 62.6. The summed E-state index contributed by atoms with van der Waals surface area (Å²) >= 11 is 0. The minimum absolute atomic E-state index is 1.21. The predicted molar refractivity (Wildman–Crippen MR) is 457 cm³/mol. The third kappa shape index (κ3) is 9.85. The van der Waals surface area contributed by atoms with Gasteiger partial charge in [0.05, 0.1) is 33.4 Å².